The minimum Gasteiger partial charge on any atom is -0.396 e. The molecule has 4 nitrogen and oxygen atoms in total. The van der Waals surface area contributed by atoms with E-state index in [2.05, 4.69) is 0 Å². The topological polar surface area (TPSA) is 57.6 Å². The molecule has 1 N–H and O–H groups in total. The number of alkyl halides is 3. The number of rotatable bonds is 4. The van der Waals surface area contributed by atoms with Crippen LogP contribution in [0.5, 0.6) is 0 Å². The maximum atomic E-state index is 13.0. The number of aliphatic hydroxyl groups is 1. The second-order valence-corrected chi connectivity index (χ2v) is 8.53. The van der Waals surface area contributed by atoms with E-state index in [1.165, 1.54) is 10.4 Å². The smallest absolute Gasteiger partial charge is 0.396 e. The zero-order chi connectivity index (χ0) is 17.8. The van der Waals surface area contributed by atoms with E-state index in [4.69, 9.17) is 0 Å². The first-order valence-corrected chi connectivity index (χ1v) is 9.41. The lowest BCUT2D eigenvalue weighted by molar-refractivity contribution is -0.137. The van der Waals surface area contributed by atoms with Gasteiger partial charge in [0.05, 0.1) is 17.1 Å². The minimum atomic E-state index is -4.59. The molecule has 1 aromatic rings. The zero-order valence-corrected chi connectivity index (χ0v) is 14.1. The van der Waals surface area contributed by atoms with E-state index in [-0.39, 0.29) is 23.6 Å². The molecule has 2 heterocycles. The predicted octanol–water partition coefficient (Wildman–Crippen LogP) is 3.02. The highest BCUT2D eigenvalue weighted by Crippen LogP contribution is 2.53. The molecule has 3 rings (SSSR count). The maximum absolute atomic E-state index is 13.0. The summed E-state index contributed by atoms with van der Waals surface area (Å²) in [6, 6.07) is 3.28. The monoisotopic (exact) mass is 363 g/mol. The van der Waals surface area contributed by atoms with Crippen LogP contribution in [0.4, 0.5) is 13.2 Å². The number of aliphatic hydroxyl groups excluding tert-OH is 1. The van der Waals surface area contributed by atoms with Gasteiger partial charge in [0.2, 0.25) is 10.0 Å². The first-order chi connectivity index (χ1) is 11.2. The van der Waals surface area contributed by atoms with Crippen LogP contribution in [0.1, 0.15) is 38.2 Å². The Morgan fingerprint density at radius 2 is 2.04 bits per heavy atom. The van der Waals surface area contributed by atoms with Gasteiger partial charge < -0.3 is 5.11 Å². The summed E-state index contributed by atoms with van der Waals surface area (Å²) in [6.07, 6.45) is -2.07. The molecule has 24 heavy (non-hydrogen) atoms. The molecule has 0 spiro atoms. The summed E-state index contributed by atoms with van der Waals surface area (Å²) in [7, 11) is -4.03. The van der Waals surface area contributed by atoms with Gasteiger partial charge in [0.25, 0.3) is 0 Å². The number of nitrogens with zero attached hydrogens (tertiary/aromatic N) is 1. The van der Waals surface area contributed by atoms with Crippen molar-refractivity contribution in [1.29, 1.82) is 0 Å². The van der Waals surface area contributed by atoms with Crippen molar-refractivity contribution in [2.24, 2.45) is 5.41 Å². The van der Waals surface area contributed by atoms with Crippen molar-refractivity contribution in [3.63, 3.8) is 0 Å². The van der Waals surface area contributed by atoms with Crippen LogP contribution in [0.25, 0.3) is 0 Å². The second kappa shape index (κ2) is 5.71. The zero-order valence-electron chi connectivity index (χ0n) is 13.3. The summed E-state index contributed by atoms with van der Waals surface area (Å²) in [5.41, 5.74) is -1.46. The summed E-state index contributed by atoms with van der Waals surface area (Å²) in [4.78, 5) is -0.334. The molecule has 2 aliphatic heterocycles. The molecule has 134 valence electrons. The van der Waals surface area contributed by atoms with Gasteiger partial charge in [0.15, 0.2) is 0 Å². The average molecular weight is 363 g/mol. The summed E-state index contributed by atoms with van der Waals surface area (Å²) < 4.78 is 66.0. The number of sulfonamides is 1. The molecule has 2 aliphatic rings. The van der Waals surface area contributed by atoms with Gasteiger partial charge in [0, 0.05) is 17.5 Å². The van der Waals surface area contributed by atoms with Gasteiger partial charge in [-0.1, -0.05) is 13.0 Å². The highest BCUT2D eigenvalue weighted by atomic mass is 32.2. The fourth-order valence-electron chi connectivity index (χ4n) is 4.21. The normalized spacial score (nSPS) is 30.9. The van der Waals surface area contributed by atoms with Crippen molar-refractivity contribution in [3.05, 3.63) is 29.8 Å². The van der Waals surface area contributed by atoms with Crippen molar-refractivity contribution in [2.75, 3.05) is 6.61 Å². The van der Waals surface area contributed by atoms with Crippen molar-refractivity contribution in [3.8, 4) is 0 Å². The maximum Gasteiger partial charge on any atom is 0.416 e. The molecular weight excluding hydrogens is 343 g/mol. The van der Waals surface area contributed by atoms with Gasteiger partial charge in [-0.25, -0.2) is 8.42 Å². The number of benzene rings is 1. The standard InChI is InChI=1S/C16H20F3NO3S/c1-2-15(10-21)9-12-6-7-14(15)20(12)24(22,23)13-5-3-4-11(8-13)16(17,18)19/h3-5,8,12,14,21H,2,6-7,9-10H2,1H3/t12-,14+,15-/m0/s1. The van der Waals surface area contributed by atoms with E-state index >= 15 is 0 Å². The third kappa shape index (κ3) is 2.55. The fraction of sp³-hybridized carbons (Fsp3) is 0.625. The van der Waals surface area contributed by atoms with Crippen LogP contribution in [0, 0.1) is 5.41 Å². The number of hydrogen-bond donors (Lipinski definition) is 1. The van der Waals surface area contributed by atoms with Crippen LogP contribution < -0.4 is 0 Å². The summed E-state index contributed by atoms with van der Waals surface area (Å²) in [6.45, 7) is 1.80. The predicted molar refractivity (Wildman–Crippen MR) is 81.7 cm³/mol. The van der Waals surface area contributed by atoms with E-state index in [1.54, 1.807) is 0 Å². The molecule has 3 atom stereocenters. The van der Waals surface area contributed by atoms with Crippen molar-refractivity contribution < 1.29 is 26.7 Å². The highest BCUT2D eigenvalue weighted by molar-refractivity contribution is 7.89. The summed E-state index contributed by atoms with van der Waals surface area (Å²) >= 11 is 0. The lowest BCUT2D eigenvalue weighted by Crippen LogP contribution is -2.42. The van der Waals surface area contributed by atoms with E-state index in [0.717, 1.165) is 12.1 Å². The third-order valence-corrected chi connectivity index (χ3v) is 7.50. The van der Waals surface area contributed by atoms with Crippen molar-refractivity contribution in [2.45, 2.75) is 55.8 Å². The molecule has 0 unspecified atom stereocenters. The highest BCUT2D eigenvalue weighted by Gasteiger charge is 2.58. The van der Waals surface area contributed by atoms with Gasteiger partial charge in [-0.15, -0.1) is 0 Å². The molecule has 2 fully saturated rings. The molecule has 8 heteroatoms. The quantitative estimate of drug-likeness (QED) is 0.895. The summed E-state index contributed by atoms with van der Waals surface area (Å²) in [5, 5.41) is 9.77. The van der Waals surface area contributed by atoms with E-state index in [1.807, 2.05) is 6.92 Å². The van der Waals surface area contributed by atoms with Crippen LogP contribution in [0.3, 0.4) is 0 Å². The van der Waals surface area contributed by atoms with E-state index in [9.17, 15) is 26.7 Å². The largest absolute Gasteiger partial charge is 0.416 e. The Hall–Kier alpha value is -1.12. The first kappa shape index (κ1) is 17.7. The molecule has 0 aromatic heterocycles. The van der Waals surface area contributed by atoms with Gasteiger partial charge in [0.1, 0.15) is 0 Å². The van der Waals surface area contributed by atoms with Gasteiger partial charge in [-0.2, -0.15) is 17.5 Å². The Balaban J connectivity index is 2.01. The number of fused-ring (bicyclic) bond motifs is 2. The average Bonchev–Trinajstić information content (AvgIpc) is 3.11. The molecule has 1 aromatic carbocycles. The Labute approximate surface area is 139 Å². The van der Waals surface area contributed by atoms with Gasteiger partial charge >= 0.3 is 6.18 Å². The number of halogens is 3. The van der Waals surface area contributed by atoms with E-state index < -0.39 is 27.2 Å². The van der Waals surface area contributed by atoms with Gasteiger partial charge in [-0.05, 0) is 43.9 Å². The molecule has 0 aliphatic carbocycles. The van der Waals surface area contributed by atoms with Crippen LogP contribution in [0.15, 0.2) is 29.2 Å². The van der Waals surface area contributed by atoms with Crippen LogP contribution in [-0.4, -0.2) is 36.5 Å². The lowest BCUT2D eigenvalue weighted by Gasteiger charge is -2.34. The van der Waals surface area contributed by atoms with Crippen LogP contribution in [0.2, 0.25) is 0 Å². The summed E-state index contributed by atoms with van der Waals surface area (Å²) in [5.74, 6) is 0. The lowest BCUT2D eigenvalue weighted by atomic mass is 9.72. The Kier molecular flexibility index (Phi) is 4.21. The SMILES string of the molecule is CC[C@@]1(CO)C[C@@H]2CC[C@H]1N2S(=O)(=O)c1cccc(C(F)(F)F)c1. The second-order valence-electron chi connectivity index (χ2n) is 6.69. The molecule has 0 amide bonds. The van der Waals surface area contributed by atoms with Crippen LogP contribution in [-0.2, 0) is 16.2 Å². The third-order valence-electron chi connectivity index (χ3n) is 5.55. The Morgan fingerprint density at radius 1 is 1.33 bits per heavy atom. The van der Waals surface area contributed by atoms with E-state index in [0.29, 0.717) is 31.7 Å². The molecule has 0 saturated carbocycles. The number of hydrogen-bond acceptors (Lipinski definition) is 3. The molecule has 2 bridgehead atoms. The van der Waals surface area contributed by atoms with Crippen molar-refractivity contribution in [1.82, 2.24) is 4.31 Å². The fourth-order valence-corrected chi connectivity index (χ4v) is 6.22. The minimum absolute atomic E-state index is 0.112. The first-order valence-electron chi connectivity index (χ1n) is 7.97. The molecule has 0 radical (unpaired) electrons. The molecule has 2 saturated heterocycles. The molecular formula is C16H20F3NO3S. The van der Waals surface area contributed by atoms with Gasteiger partial charge in [-0.3, -0.25) is 0 Å². The Morgan fingerprint density at radius 3 is 2.58 bits per heavy atom. The van der Waals surface area contributed by atoms with Crippen LogP contribution >= 0.6 is 0 Å². The Bertz CT molecular complexity index is 728. The van der Waals surface area contributed by atoms with Crippen molar-refractivity contribution >= 4 is 10.0 Å².